The maximum Gasteiger partial charge on any atom is 0.335 e. The molecule has 1 amide bonds. The first kappa shape index (κ1) is 16.0. The van der Waals surface area contributed by atoms with Crippen molar-refractivity contribution in [3.05, 3.63) is 33.8 Å². The number of ether oxygens (including phenoxy) is 1. The minimum atomic E-state index is -1.05. The molecule has 114 valence electrons. The van der Waals surface area contributed by atoms with Gasteiger partial charge in [-0.15, -0.1) is 0 Å². The Kier molecular flexibility index (Phi) is 5.00. The highest BCUT2D eigenvalue weighted by Crippen LogP contribution is 2.48. The van der Waals surface area contributed by atoms with Crippen LogP contribution in [0.5, 0.6) is 0 Å². The Morgan fingerprint density at radius 1 is 1.33 bits per heavy atom. The number of carboxylic acid groups (broad SMARTS) is 1. The van der Waals surface area contributed by atoms with Gasteiger partial charge in [0.15, 0.2) is 0 Å². The van der Waals surface area contributed by atoms with Gasteiger partial charge in [-0.3, -0.25) is 4.79 Å². The average Bonchev–Trinajstić information content (AvgIpc) is 3.22. The van der Waals surface area contributed by atoms with Crippen LogP contribution in [0.4, 0.5) is 0 Å². The molecule has 0 spiro atoms. The summed E-state index contributed by atoms with van der Waals surface area (Å²) in [6.07, 6.45) is 3.12. The van der Waals surface area contributed by atoms with Crippen LogP contribution in [-0.4, -0.2) is 37.2 Å². The number of carbonyl (C=O) groups is 2. The number of carboxylic acids is 1. The summed E-state index contributed by atoms with van der Waals surface area (Å²) in [6.45, 7) is 1.29. The van der Waals surface area contributed by atoms with Crippen LogP contribution in [0.1, 0.15) is 40.0 Å². The van der Waals surface area contributed by atoms with E-state index in [-0.39, 0.29) is 16.9 Å². The highest BCUT2D eigenvalue weighted by atomic mass is 79.9. The molecule has 6 heteroatoms. The second-order valence-electron chi connectivity index (χ2n) is 5.46. The third-order valence-electron chi connectivity index (χ3n) is 3.82. The van der Waals surface area contributed by atoms with Crippen molar-refractivity contribution in [1.29, 1.82) is 0 Å². The molecule has 2 rings (SSSR count). The number of hydrogen-bond donors (Lipinski definition) is 2. The van der Waals surface area contributed by atoms with Gasteiger partial charge in [0.1, 0.15) is 0 Å². The normalized spacial score (nSPS) is 15.5. The third kappa shape index (κ3) is 4.28. The molecule has 1 fully saturated rings. The minimum absolute atomic E-state index is 0.0926. The van der Waals surface area contributed by atoms with Gasteiger partial charge in [-0.2, -0.15) is 0 Å². The highest BCUT2D eigenvalue weighted by molar-refractivity contribution is 9.10. The number of nitrogens with one attached hydrogen (secondary N) is 1. The van der Waals surface area contributed by atoms with Crippen molar-refractivity contribution in [2.45, 2.75) is 19.3 Å². The zero-order valence-corrected chi connectivity index (χ0v) is 13.4. The predicted octanol–water partition coefficient (Wildman–Crippen LogP) is 2.69. The maximum absolute atomic E-state index is 12.2. The summed E-state index contributed by atoms with van der Waals surface area (Å²) in [6, 6.07) is 4.48. The number of carbonyl (C=O) groups excluding carboxylic acids is 1. The maximum atomic E-state index is 12.2. The SMILES string of the molecule is COCCC1(CNC(=O)c2cc(Br)cc(C(=O)O)c2)CC1. The summed E-state index contributed by atoms with van der Waals surface area (Å²) in [4.78, 5) is 23.2. The number of methoxy groups -OCH3 is 1. The summed E-state index contributed by atoms with van der Waals surface area (Å²) in [5.74, 6) is -1.30. The number of halogens is 1. The minimum Gasteiger partial charge on any atom is -0.478 e. The molecular formula is C15H18BrNO4. The summed E-state index contributed by atoms with van der Waals surface area (Å²) in [5, 5.41) is 11.9. The molecule has 1 aromatic carbocycles. The molecular weight excluding hydrogens is 338 g/mol. The van der Waals surface area contributed by atoms with E-state index in [4.69, 9.17) is 9.84 Å². The van der Waals surface area contributed by atoms with Crippen LogP contribution in [0.2, 0.25) is 0 Å². The predicted molar refractivity (Wildman–Crippen MR) is 81.6 cm³/mol. The van der Waals surface area contributed by atoms with Gasteiger partial charge in [-0.1, -0.05) is 15.9 Å². The largest absolute Gasteiger partial charge is 0.478 e. The van der Waals surface area contributed by atoms with E-state index in [2.05, 4.69) is 21.2 Å². The summed E-state index contributed by atoms with van der Waals surface area (Å²) in [5.41, 5.74) is 0.604. The van der Waals surface area contributed by atoms with Gasteiger partial charge in [0.2, 0.25) is 0 Å². The van der Waals surface area contributed by atoms with Crippen LogP contribution in [0.15, 0.2) is 22.7 Å². The molecule has 0 heterocycles. The molecule has 0 aromatic heterocycles. The molecule has 2 N–H and O–H groups in total. The lowest BCUT2D eigenvalue weighted by molar-refractivity contribution is 0.0697. The van der Waals surface area contributed by atoms with Crippen molar-refractivity contribution < 1.29 is 19.4 Å². The molecule has 0 bridgehead atoms. The van der Waals surface area contributed by atoms with E-state index in [1.165, 1.54) is 12.1 Å². The van der Waals surface area contributed by atoms with Gasteiger partial charge in [0.25, 0.3) is 5.91 Å². The second kappa shape index (κ2) is 6.58. The van der Waals surface area contributed by atoms with Crippen LogP contribution in [0, 0.1) is 5.41 Å². The third-order valence-corrected chi connectivity index (χ3v) is 4.28. The van der Waals surface area contributed by atoms with Crippen LogP contribution >= 0.6 is 15.9 Å². The Hall–Kier alpha value is -1.40. The Morgan fingerprint density at radius 3 is 2.57 bits per heavy atom. The topological polar surface area (TPSA) is 75.6 Å². The number of rotatable bonds is 7. The quantitative estimate of drug-likeness (QED) is 0.788. The Labute approximate surface area is 131 Å². The summed E-state index contributed by atoms with van der Waals surface area (Å²) in [7, 11) is 1.67. The fourth-order valence-electron chi connectivity index (χ4n) is 2.22. The standard InChI is InChI=1S/C15H18BrNO4/c1-21-5-4-15(2-3-15)9-17-13(18)10-6-11(14(19)20)8-12(16)7-10/h6-8H,2-5,9H2,1H3,(H,17,18)(H,19,20). The first-order valence-corrected chi connectivity index (χ1v) is 7.56. The van der Waals surface area contributed by atoms with Crippen LogP contribution < -0.4 is 5.32 Å². The van der Waals surface area contributed by atoms with Gasteiger partial charge in [0.05, 0.1) is 5.56 Å². The fourth-order valence-corrected chi connectivity index (χ4v) is 2.72. The molecule has 0 saturated heterocycles. The van der Waals surface area contributed by atoms with Crippen molar-refractivity contribution in [1.82, 2.24) is 5.32 Å². The molecule has 1 saturated carbocycles. The zero-order chi connectivity index (χ0) is 15.5. The Morgan fingerprint density at radius 2 is 2.00 bits per heavy atom. The van der Waals surface area contributed by atoms with E-state index < -0.39 is 5.97 Å². The van der Waals surface area contributed by atoms with Gasteiger partial charge in [-0.25, -0.2) is 4.79 Å². The first-order valence-electron chi connectivity index (χ1n) is 6.77. The van der Waals surface area contributed by atoms with E-state index in [1.54, 1.807) is 13.2 Å². The van der Waals surface area contributed by atoms with Gasteiger partial charge in [0, 0.05) is 30.3 Å². The molecule has 1 aliphatic rings. The second-order valence-corrected chi connectivity index (χ2v) is 6.37. The van der Waals surface area contributed by atoms with Crippen molar-refractivity contribution in [3.8, 4) is 0 Å². The van der Waals surface area contributed by atoms with Gasteiger partial charge < -0.3 is 15.2 Å². The summed E-state index contributed by atoms with van der Waals surface area (Å²) >= 11 is 3.23. The number of hydrogen-bond acceptors (Lipinski definition) is 3. The van der Waals surface area contributed by atoms with E-state index in [0.29, 0.717) is 23.2 Å². The molecule has 1 aliphatic carbocycles. The van der Waals surface area contributed by atoms with Crippen molar-refractivity contribution in [2.24, 2.45) is 5.41 Å². The van der Waals surface area contributed by atoms with E-state index in [1.807, 2.05) is 0 Å². The van der Waals surface area contributed by atoms with Crippen molar-refractivity contribution >= 4 is 27.8 Å². The van der Waals surface area contributed by atoms with E-state index in [9.17, 15) is 9.59 Å². The molecule has 0 unspecified atom stereocenters. The van der Waals surface area contributed by atoms with Crippen LogP contribution in [0.3, 0.4) is 0 Å². The van der Waals surface area contributed by atoms with E-state index >= 15 is 0 Å². The van der Waals surface area contributed by atoms with Crippen molar-refractivity contribution in [2.75, 3.05) is 20.3 Å². The Bertz CT molecular complexity index is 555. The van der Waals surface area contributed by atoms with Gasteiger partial charge >= 0.3 is 5.97 Å². The smallest absolute Gasteiger partial charge is 0.335 e. The molecule has 0 radical (unpaired) electrons. The lowest BCUT2D eigenvalue weighted by atomic mass is 10.0. The lowest BCUT2D eigenvalue weighted by Gasteiger charge is -2.15. The number of aromatic carboxylic acids is 1. The molecule has 21 heavy (non-hydrogen) atoms. The molecule has 5 nitrogen and oxygen atoms in total. The van der Waals surface area contributed by atoms with Crippen LogP contribution in [0.25, 0.3) is 0 Å². The number of amides is 1. The molecule has 0 atom stereocenters. The van der Waals surface area contributed by atoms with E-state index in [0.717, 1.165) is 19.3 Å². The first-order chi connectivity index (χ1) is 9.96. The van der Waals surface area contributed by atoms with Gasteiger partial charge in [-0.05, 0) is 42.9 Å². The summed E-state index contributed by atoms with van der Waals surface area (Å²) < 4.78 is 5.66. The average molecular weight is 356 g/mol. The Balaban J connectivity index is 1.99. The molecule has 0 aliphatic heterocycles. The monoisotopic (exact) mass is 355 g/mol. The number of benzene rings is 1. The zero-order valence-electron chi connectivity index (χ0n) is 11.8. The van der Waals surface area contributed by atoms with Crippen LogP contribution in [-0.2, 0) is 4.74 Å². The fraction of sp³-hybridized carbons (Fsp3) is 0.467. The molecule has 1 aromatic rings. The highest BCUT2D eigenvalue weighted by Gasteiger charge is 2.42. The lowest BCUT2D eigenvalue weighted by Crippen LogP contribution is -2.31. The van der Waals surface area contributed by atoms with Crippen molar-refractivity contribution in [3.63, 3.8) is 0 Å².